The van der Waals surface area contributed by atoms with Crippen molar-refractivity contribution in [1.82, 2.24) is 9.80 Å². The predicted octanol–water partition coefficient (Wildman–Crippen LogP) is 4.83. The first-order chi connectivity index (χ1) is 16.0. The van der Waals surface area contributed by atoms with Gasteiger partial charge in [-0.05, 0) is 43.2 Å². The molecule has 7 heteroatoms. The maximum atomic E-state index is 13.4. The van der Waals surface area contributed by atoms with Gasteiger partial charge in [-0.3, -0.25) is 9.59 Å². The molecule has 178 valence electrons. The summed E-state index contributed by atoms with van der Waals surface area (Å²) in [6.07, 6.45) is 6.19. The van der Waals surface area contributed by atoms with Gasteiger partial charge in [0.25, 0.3) is 0 Å². The van der Waals surface area contributed by atoms with E-state index in [0.29, 0.717) is 43.3 Å². The minimum atomic E-state index is -0.148. The van der Waals surface area contributed by atoms with Crippen molar-refractivity contribution in [3.63, 3.8) is 0 Å². The molecule has 1 aliphatic rings. The molecular formula is C26H34N2O5. The number of ether oxygens (including phenoxy) is 2. The van der Waals surface area contributed by atoms with Crippen LogP contribution in [0.3, 0.4) is 0 Å². The van der Waals surface area contributed by atoms with Crippen molar-refractivity contribution in [1.29, 1.82) is 0 Å². The van der Waals surface area contributed by atoms with Crippen molar-refractivity contribution in [2.24, 2.45) is 0 Å². The smallest absolute Gasteiger partial charge is 0.242 e. The topological polar surface area (TPSA) is 72.2 Å². The van der Waals surface area contributed by atoms with Gasteiger partial charge in [0.15, 0.2) is 11.5 Å². The number of fused-ring (bicyclic) bond motifs is 1. The van der Waals surface area contributed by atoms with E-state index in [-0.39, 0.29) is 25.2 Å². The molecule has 7 nitrogen and oxygen atoms in total. The van der Waals surface area contributed by atoms with Gasteiger partial charge < -0.3 is 23.7 Å². The summed E-state index contributed by atoms with van der Waals surface area (Å²) in [5.74, 6) is 2.69. The van der Waals surface area contributed by atoms with Gasteiger partial charge in [0, 0.05) is 19.5 Å². The summed E-state index contributed by atoms with van der Waals surface area (Å²) in [7, 11) is 0. The van der Waals surface area contributed by atoms with Crippen molar-refractivity contribution in [2.45, 2.75) is 59.0 Å². The molecule has 1 aromatic carbocycles. The molecule has 33 heavy (non-hydrogen) atoms. The second kappa shape index (κ2) is 12.1. The van der Waals surface area contributed by atoms with Gasteiger partial charge in [-0.1, -0.05) is 38.3 Å². The molecule has 2 amide bonds. The van der Waals surface area contributed by atoms with E-state index in [1.807, 2.05) is 37.3 Å². The average Bonchev–Trinajstić information content (AvgIpc) is 3.44. The van der Waals surface area contributed by atoms with E-state index in [2.05, 4.69) is 13.5 Å². The van der Waals surface area contributed by atoms with Crippen molar-refractivity contribution < 1.29 is 23.5 Å². The van der Waals surface area contributed by atoms with Crippen LogP contribution in [-0.4, -0.2) is 41.5 Å². The number of carbonyl (C=O) groups excluding carboxylic acids is 2. The number of hydrogen-bond acceptors (Lipinski definition) is 5. The van der Waals surface area contributed by atoms with E-state index in [0.717, 1.165) is 37.0 Å². The molecule has 3 rings (SSSR count). The second-order valence-corrected chi connectivity index (χ2v) is 8.32. The van der Waals surface area contributed by atoms with Crippen LogP contribution in [0.25, 0.3) is 0 Å². The van der Waals surface area contributed by atoms with E-state index in [1.165, 1.54) is 0 Å². The summed E-state index contributed by atoms with van der Waals surface area (Å²) in [4.78, 5) is 29.4. The zero-order valence-electron chi connectivity index (χ0n) is 19.7. The molecule has 0 fully saturated rings. The number of furan rings is 1. The minimum Gasteiger partial charge on any atom is -0.464 e. The maximum Gasteiger partial charge on any atom is 0.242 e. The van der Waals surface area contributed by atoms with Crippen LogP contribution < -0.4 is 9.47 Å². The number of benzene rings is 1. The first kappa shape index (κ1) is 24.4. The standard InChI is InChI=1S/C26H34N2O5/c1-4-6-7-8-9-25(29)27(14-5-2)18-26(30)28(17-22-12-10-20(3)33-22)16-21-11-13-23-24(15-21)32-19-31-23/h5,10-13,15H,2,4,6-9,14,16-19H2,1,3H3. The van der Waals surface area contributed by atoms with Crippen molar-refractivity contribution in [3.8, 4) is 11.5 Å². The Morgan fingerprint density at radius 2 is 1.82 bits per heavy atom. The van der Waals surface area contributed by atoms with E-state index < -0.39 is 0 Å². The predicted molar refractivity (Wildman–Crippen MR) is 126 cm³/mol. The fraction of sp³-hybridized carbons (Fsp3) is 0.462. The Morgan fingerprint density at radius 3 is 2.55 bits per heavy atom. The Morgan fingerprint density at radius 1 is 1.00 bits per heavy atom. The average molecular weight is 455 g/mol. The molecule has 0 unspecified atom stereocenters. The van der Waals surface area contributed by atoms with Crippen molar-refractivity contribution in [2.75, 3.05) is 19.9 Å². The monoisotopic (exact) mass is 454 g/mol. The van der Waals surface area contributed by atoms with Crippen LogP contribution in [-0.2, 0) is 22.7 Å². The van der Waals surface area contributed by atoms with Crippen LogP contribution in [0.2, 0.25) is 0 Å². The molecule has 0 spiro atoms. The highest BCUT2D eigenvalue weighted by molar-refractivity contribution is 5.85. The highest BCUT2D eigenvalue weighted by Gasteiger charge is 2.23. The number of amides is 2. The van der Waals surface area contributed by atoms with Gasteiger partial charge in [0.1, 0.15) is 18.1 Å². The zero-order valence-corrected chi connectivity index (χ0v) is 19.7. The van der Waals surface area contributed by atoms with Crippen LogP contribution in [0, 0.1) is 6.92 Å². The van der Waals surface area contributed by atoms with Gasteiger partial charge in [0.05, 0.1) is 6.54 Å². The first-order valence-electron chi connectivity index (χ1n) is 11.6. The molecule has 2 heterocycles. The molecule has 1 aromatic heterocycles. The number of hydrogen-bond donors (Lipinski definition) is 0. The van der Waals surface area contributed by atoms with E-state index in [1.54, 1.807) is 15.9 Å². The Balaban J connectivity index is 1.71. The fourth-order valence-corrected chi connectivity index (χ4v) is 3.78. The number of nitrogens with zero attached hydrogens (tertiary/aromatic N) is 2. The molecule has 0 N–H and O–H groups in total. The zero-order chi connectivity index (χ0) is 23.6. The third-order valence-electron chi connectivity index (χ3n) is 5.58. The minimum absolute atomic E-state index is 0.00285. The Kier molecular flexibility index (Phi) is 8.98. The molecule has 2 aromatic rings. The van der Waals surface area contributed by atoms with E-state index in [9.17, 15) is 9.59 Å². The quantitative estimate of drug-likeness (QED) is 0.320. The van der Waals surface area contributed by atoms with Crippen LogP contribution in [0.1, 0.15) is 56.1 Å². The summed E-state index contributed by atoms with van der Waals surface area (Å²) >= 11 is 0. The third kappa shape index (κ3) is 7.14. The van der Waals surface area contributed by atoms with Gasteiger partial charge in [0.2, 0.25) is 18.6 Å². The molecule has 0 saturated heterocycles. The maximum absolute atomic E-state index is 13.4. The number of aryl methyl sites for hydroxylation is 1. The van der Waals surface area contributed by atoms with Gasteiger partial charge in [-0.25, -0.2) is 0 Å². The van der Waals surface area contributed by atoms with Crippen LogP contribution in [0.4, 0.5) is 0 Å². The number of carbonyl (C=O) groups is 2. The summed E-state index contributed by atoms with van der Waals surface area (Å²) in [6.45, 7) is 8.99. The Hall–Kier alpha value is -3.22. The number of rotatable bonds is 13. The molecular weight excluding hydrogens is 420 g/mol. The fourth-order valence-electron chi connectivity index (χ4n) is 3.78. The van der Waals surface area contributed by atoms with Gasteiger partial charge in [-0.2, -0.15) is 0 Å². The van der Waals surface area contributed by atoms with Crippen molar-refractivity contribution >= 4 is 11.8 Å². The largest absolute Gasteiger partial charge is 0.464 e. The van der Waals surface area contributed by atoms with Crippen LogP contribution >= 0.6 is 0 Å². The van der Waals surface area contributed by atoms with Crippen molar-refractivity contribution in [3.05, 3.63) is 60.1 Å². The summed E-state index contributed by atoms with van der Waals surface area (Å²) in [5, 5.41) is 0. The molecule has 0 radical (unpaired) electrons. The van der Waals surface area contributed by atoms with Gasteiger partial charge >= 0.3 is 0 Å². The SMILES string of the molecule is C=CCN(CC(=O)N(Cc1ccc2c(c1)OCO2)Cc1ccc(C)o1)C(=O)CCCCCC. The third-order valence-corrected chi connectivity index (χ3v) is 5.58. The van der Waals surface area contributed by atoms with Crippen LogP contribution in [0.5, 0.6) is 11.5 Å². The lowest BCUT2D eigenvalue weighted by atomic mass is 10.1. The molecule has 0 aliphatic carbocycles. The molecule has 0 bridgehead atoms. The van der Waals surface area contributed by atoms with E-state index >= 15 is 0 Å². The number of unbranched alkanes of at least 4 members (excludes halogenated alkanes) is 3. The summed E-state index contributed by atoms with van der Waals surface area (Å²) in [6, 6.07) is 9.40. The molecule has 1 aliphatic heterocycles. The lowest BCUT2D eigenvalue weighted by molar-refractivity contribution is -0.141. The van der Waals surface area contributed by atoms with E-state index in [4.69, 9.17) is 13.9 Å². The first-order valence-corrected chi connectivity index (χ1v) is 11.6. The Bertz CT molecular complexity index is 952. The van der Waals surface area contributed by atoms with Gasteiger partial charge in [-0.15, -0.1) is 6.58 Å². The highest BCUT2D eigenvalue weighted by atomic mass is 16.7. The molecule has 0 atom stereocenters. The molecule has 0 saturated carbocycles. The lowest BCUT2D eigenvalue weighted by Crippen LogP contribution is -2.42. The Labute approximate surface area is 195 Å². The summed E-state index contributed by atoms with van der Waals surface area (Å²) < 4.78 is 16.6. The highest BCUT2D eigenvalue weighted by Crippen LogP contribution is 2.33. The summed E-state index contributed by atoms with van der Waals surface area (Å²) in [5.41, 5.74) is 0.914. The normalized spacial score (nSPS) is 11.9. The van der Waals surface area contributed by atoms with Crippen LogP contribution in [0.15, 0.2) is 47.4 Å². The lowest BCUT2D eigenvalue weighted by Gasteiger charge is -2.27. The second-order valence-electron chi connectivity index (χ2n) is 8.32.